The number of hydrazine groups is 1. The number of amides is 1. The number of nitrogens with two attached hydrogens (primary N) is 1. The van der Waals surface area contributed by atoms with Gasteiger partial charge in [-0.25, -0.2) is 5.84 Å². The zero-order chi connectivity index (χ0) is 13.2. The second kappa shape index (κ2) is 9.64. The maximum atomic E-state index is 10.9. The summed E-state index contributed by atoms with van der Waals surface area (Å²) in [6, 6.07) is 0. The number of nitrogens with zero attached hydrogens (tertiary/aromatic N) is 1. The van der Waals surface area contributed by atoms with E-state index in [1.165, 1.54) is 45.3 Å². The van der Waals surface area contributed by atoms with Gasteiger partial charge < -0.3 is 4.90 Å². The van der Waals surface area contributed by atoms with Crippen molar-refractivity contribution < 1.29 is 4.79 Å². The monoisotopic (exact) mass is 273 g/mol. The van der Waals surface area contributed by atoms with E-state index in [4.69, 9.17) is 5.84 Å². The molecule has 5 heteroatoms. The average molecular weight is 273 g/mol. The lowest BCUT2D eigenvalue weighted by Crippen LogP contribution is -2.29. The number of hydrogen-bond acceptors (Lipinski definition) is 4. The van der Waals surface area contributed by atoms with Crippen LogP contribution in [-0.4, -0.2) is 41.9 Å². The van der Waals surface area contributed by atoms with E-state index in [1.807, 2.05) is 11.8 Å². The average Bonchev–Trinajstić information content (AvgIpc) is 2.63. The van der Waals surface area contributed by atoms with Gasteiger partial charge in [-0.05, 0) is 58.0 Å². The molecule has 0 spiro atoms. The smallest absolute Gasteiger partial charge is 0.233 e. The molecule has 1 aliphatic rings. The third kappa shape index (κ3) is 6.61. The molecule has 1 rings (SSSR count). The Hall–Kier alpha value is -0.260. The van der Waals surface area contributed by atoms with Crippen LogP contribution in [0.5, 0.6) is 0 Å². The number of hydrogen-bond donors (Lipinski definition) is 2. The molecule has 0 aromatic rings. The molecule has 0 aliphatic carbocycles. The van der Waals surface area contributed by atoms with Crippen LogP contribution in [0.2, 0.25) is 0 Å². The molecule has 1 unspecified atom stereocenters. The summed E-state index contributed by atoms with van der Waals surface area (Å²) in [6.07, 6.45) is 10.1. The van der Waals surface area contributed by atoms with Crippen molar-refractivity contribution in [1.29, 1.82) is 0 Å². The molecular formula is C13H27N3OS. The maximum absolute atomic E-state index is 10.9. The highest BCUT2D eigenvalue weighted by molar-refractivity contribution is 7.99. The van der Waals surface area contributed by atoms with Crippen LogP contribution in [-0.2, 0) is 4.79 Å². The lowest BCUT2D eigenvalue weighted by molar-refractivity contribution is -0.121. The number of likely N-dealkylation sites (tertiary alicyclic amines) is 1. The van der Waals surface area contributed by atoms with Crippen LogP contribution in [0.3, 0.4) is 0 Å². The van der Waals surface area contributed by atoms with Crippen LogP contribution >= 0.6 is 11.8 Å². The minimum absolute atomic E-state index is 0.0485. The lowest BCUT2D eigenvalue weighted by Gasteiger charge is -2.19. The van der Waals surface area contributed by atoms with Crippen molar-refractivity contribution in [3.8, 4) is 0 Å². The van der Waals surface area contributed by atoms with E-state index in [9.17, 15) is 4.79 Å². The highest BCUT2D eigenvalue weighted by atomic mass is 32.2. The van der Waals surface area contributed by atoms with Crippen LogP contribution in [0.1, 0.15) is 44.9 Å². The van der Waals surface area contributed by atoms with Gasteiger partial charge in [0.05, 0.1) is 0 Å². The Bertz CT molecular complexity index is 238. The number of nitrogens with one attached hydrogen (secondary N) is 1. The molecule has 106 valence electrons. The first kappa shape index (κ1) is 15.8. The first-order valence-electron chi connectivity index (χ1n) is 7.01. The van der Waals surface area contributed by atoms with Crippen molar-refractivity contribution in [2.45, 2.75) is 50.2 Å². The van der Waals surface area contributed by atoms with E-state index in [2.05, 4.69) is 16.6 Å². The summed E-state index contributed by atoms with van der Waals surface area (Å²) in [5, 5.41) is 0.864. The first-order valence-corrected chi connectivity index (χ1v) is 8.29. The number of rotatable bonds is 7. The summed E-state index contributed by atoms with van der Waals surface area (Å²) in [7, 11) is 0. The zero-order valence-electron chi connectivity index (χ0n) is 11.5. The lowest BCUT2D eigenvalue weighted by atomic mass is 10.2. The van der Waals surface area contributed by atoms with Crippen molar-refractivity contribution >= 4 is 17.7 Å². The molecule has 18 heavy (non-hydrogen) atoms. The summed E-state index contributed by atoms with van der Waals surface area (Å²) < 4.78 is 0. The van der Waals surface area contributed by atoms with E-state index in [-0.39, 0.29) is 5.91 Å². The molecule has 4 nitrogen and oxygen atoms in total. The fourth-order valence-corrected chi connectivity index (χ4v) is 3.20. The van der Waals surface area contributed by atoms with Crippen LogP contribution in [0.25, 0.3) is 0 Å². The molecule has 0 bridgehead atoms. The van der Waals surface area contributed by atoms with Gasteiger partial charge in [0.2, 0.25) is 5.91 Å². The van der Waals surface area contributed by atoms with Crippen molar-refractivity contribution in [2.75, 3.05) is 25.9 Å². The highest BCUT2D eigenvalue weighted by Crippen LogP contribution is 2.21. The van der Waals surface area contributed by atoms with E-state index >= 15 is 0 Å². The van der Waals surface area contributed by atoms with E-state index < -0.39 is 0 Å². The molecule has 0 aromatic heterocycles. The number of carbonyl (C=O) groups is 1. The topological polar surface area (TPSA) is 58.4 Å². The Labute approximate surface area is 115 Å². The molecule has 1 saturated heterocycles. The minimum atomic E-state index is -0.0485. The molecule has 0 aromatic carbocycles. The van der Waals surface area contributed by atoms with E-state index in [1.54, 1.807) is 0 Å². The van der Waals surface area contributed by atoms with Crippen molar-refractivity contribution in [2.24, 2.45) is 5.84 Å². The Balaban J connectivity index is 2.03. The highest BCUT2D eigenvalue weighted by Gasteiger charge is 2.15. The fraction of sp³-hybridized carbons (Fsp3) is 0.923. The van der Waals surface area contributed by atoms with Crippen molar-refractivity contribution in [3.05, 3.63) is 0 Å². The quantitative estimate of drug-likeness (QED) is 0.321. The Morgan fingerprint density at radius 2 is 2.17 bits per heavy atom. The molecule has 1 atom stereocenters. The van der Waals surface area contributed by atoms with Crippen LogP contribution in [0.4, 0.5) is 0 Å². The third-order valence-electron chi connectivity index (χ3n) is 3.64. The first-order chi connectivity index (χ1) is 8.76. The molecule has 1 heterocycles. The van der Waals surface area contributed by atoms with Crippen LogP contribution < -0.4 is 11.3 Å². The summed E-state index contributed by atoms with van der Waals surface area (Å²) in [5.74, 6) is 4.99. The Morgan fingerprint density at radius 1 is 1.33 bits per heavy atom. The standard InChI is InChI=1S/C13H27N3OS/c1-18-12-6-5-10-16(11-8-12)9-4-2-3-7-13(17)15-14/h12H,2-11,14H2,1H3,(H,15,17). The van der Waals surface area contributed by atoms with Gasteiger partial charge in [0.25, 0.3) is 0 Å². The Kier molecular flexibility index (Phi) is 8.46. The van der Waals surface area contributed by atoms with Gasteiger partial charge in [-0.15, -0.1) is 0 Å². The van der Waals surface area contributed by atoms with Gasteiger partial charge in [0.1, 0.15) is 0 Å². The van der Waals surface area contributed by atoms with Crippen LogP contribution in [0.15, 0.2) is 0 Å². The molecule has 1 fully saturated rings. The van der Waals surface area contributed by atoms with Gasteiger partial charge in [-0.3, -0.25) is 10.2 Å². The predicted molar refractivity (Wildman–Crippen MR) is 78.4 cm³/mol. The van der Waals surface area contributed by atoms with Crippen LogP contribution in [0, 0.1) is 0 Å². The van der Waals surface area contributed by atoms with E-state index in [0.29, 0.717) is 6.42 Å². The normalized spacial score (nSPS) is 21.6. The van der Waals surface area contributed by atoms with Gasteiger partial charge in [0.15, 0.2) is 0 Å². The largest absolute Gasteiger partial charge is 0.303 e. The van der Waals surface area contributed by atoms with Crippen molar-refractivity contribution in [1.82, 2.24) is 10.3 Å². The Morgan fingerprint density at radius 3 is 2.89 bits per heavy atom. The summed E-state index contributed by atoms with van der Waals surface area (Å²) in [5.41, 5.74) is 2.17. The predicted octanol–water partition coefficient (Wildman–Crippen LogP) is 1.75. The molecule has 3 N–H and O–H groups in total. The van der Waals surface area contributed by atoms with Gasteiger partial charge in [-0.2, -0.15) is 11.8 Å². The SMILES string of the molecule is CSC1CCCN(CCCCCC(=O)NN)CC1. The molecule has 0 saturated carbocycles. The fourth-order valence-electron chi connectivity index (χ4n) is 2.45. The zero-order valence-corrected chi connectivity index (χ0v) is 12.3. The molecular weight excluding hydrogens is 246 g/mol. The second-order valence-corrected chi connectivity index (χ2v) is 6.15. The summed E-state index contributed by atoms with van der Waals surface area (Å²) in [4.78, 5) is 13.5. The molecule has 0 radical (unpaired) electrons. The number of thioether (sulfide) groups is 1. The summed E-state index contributed by atoms with van der Waals surface area (Å²) >= 11 is 2.02. The summed E-state index contributed by atoms with van der Waals surface area (Å²) in [6.45, 7) is 3.68. The van der Waals surface area contributed by atoms with Gasteiger partial charge in [0, 0.05) is 11.7 Å². The van der Waals surface area contributed by atoms with Gasteiger partial charge in [-0.1, -0.05) is 6.42 Å². The minimum Gasteiger partial charge on any atom is -0.303 e. The second-order valence-electron chi connectivity index (χ2n) is 5.01. The third-order valence-corrected chi connectivity index (χ3v) is 4.78. The number of unbranched alkanes of at least 4 members (excludes halogenated alkanes) is 2. The van der Waals surface area contributed by atoms with Crippen molar-refractivity contribution in [3.63, 3.8) is 0 Å². The van der Waals surface area contributed by atoms with Gasteiger partial charge >= 0.3 is 0 Å². The molecule has 1 amide bonds. The number of carbonyl (C=O) groups excluding carboxylic acids is 1. The maximum Gasteiger partial charge on any atom is 0.233 e. The molecule has 1 aliphatic heterocycles. The van der Waals surface area contributed by atoms with E-state index in [0.717, 1.165) is 18.1 Å².